The van der Waals surface area contributed by atoms with Gasteiger partial charge in [0.1, 0.15) is 5.82 Å². The van der Waals surface area contributed by atoms with Gasteiger partial charge in [-0.2, -0.15) is 0 Å². The van der Waals surface area contributed by atoms with Crippen LogP contribution in [0.2, 0.25) is 0 Å². The smallest absolute Gasteiger partial charge is 0.105 e. The van der Waals surface area contributed by atoms with E-state index in [9.17, 15) is 0 Å². The van der Waals surface area contributed by atoms with Crippen molar-refractivity contribution in [2.45, 2.75) is 26.3 Å². The zero-order chi connectivity index (χ0) is 12.8. The molecule has 1 aromatic carbocycles. The molecule has 1 heterocycles. The fraction of sp³-hybridized carbons (Fsp3) is 0.400. The number of nitrogens with zero attached hydrogens (tertiary/aromatic N) is 2. The SMILES string of the molecule is Cc1nccn1CCNCC(C)c1ccccc1. The van der Waals surface area contributed by atoms with Crippen LogP contribution in [0.3, 0.4) is 0 Å². The summed E-state index contributed by atoms with van der Waals surface area (Å²) in [7, 11) is 0. The molecule has 96 valence electrons. The van der Waals surface area contributed by atoms with Crippen LogP contribution >= 0.6 is 0 Å². The van der Waals surface area contributed by atoms with E-state index >= 15 is 0 Å². The van der Waals surface area contributed by atoms with Crippen LogP contribution in [0.4, 0.5) is 0 Å². The standard InChI is InChI=1S/C15H21N3/c1-13(15-6-4-3-5-7-15)12-16-8-10-18-11-9-17-14(18)2/h3-7,9,11,13,16H,8,10,12H2,1-2H3. The highest BCUT2D eigenvalue weighted by Gasteiger charge is 2.03. The van der Waals surface area contributed by atoms with Crippen molar-refractivity contribution in [2.24, 2.45) is 0 Å². The van der Waals surface area contributed by atoms with E-state index < -0.39 is 0 Å². The number of rotatable bonds is 6. The number of imidazole rings is 1. The number of aromatic nitrogens is 2. The van der Waals surface area contributed by atoms with Gasteiger partial charge in [-0.05, 0) is 18.4 Å². The summed E-state index contributed by atoms with van der Waals surface area (Å²) in [6.45, 7) is 7.26. The maximum atomic E-state index is 4.21. The number of nitrogens with one attached hydrogen (secondary N) is 1. The first-order valence-corrected chi connectivity index (χ1v) is 6.51. The minimum Gasteiger partial charge on any atom is -0.334 e. The summed E-state index contributed by atoms with van der Waals surface area (Å²) in [6.07, 6.45) is 3.87. The monoisotopic (exact) mass is 243 g/mol. The van der Waals surface area contributed by atoms with Crippen molar-refractivity contribution in [1.82, 2.24) is 14.9 Å². The van der Waals surface area contributed by atoms with Crippen molar-refractivity contribution < 1.29 is 0 Å². The van der Waals surface area contributed by atoms with Crippen LogP contribution in [-0.4, -0.2) is 22.6 Å². The van der Waals surface area contributed by atoms with Gasteiger partial charge in [0.25, 0.3) is 0 Å². The van der Waals surface area contributed by atoms with Crippen LogP contribution in [-0.2, 0) is 6.54 Å². The number of aryl methyl sites for hydroxylation is 1. The van der Waals surface area contributed by atoms with Crippen LogP contribution in [0.25, 0.3) is 0 Å². The van der Waals surface area contributed by atoms with Gasteiger partial charge in [0, 0.05) is 32.0 Å². The molecule has 3 nitrogen and oxygen atoms in total. The molecule has 0 aliphatic carbocycles. The van der Waals surface area contributed by atoms with E-state index in [0.717, 1.165) is 25.5 Å². The molecule has 0 saturated carbocycles. The number of hydrogen-bond acceptors (Lipinski definition) is 2. The molecular formula is C15H21N3. The van der Waals surface area contributed by atoms with Crippen LogP contribution in [0.5, 0.6) is 0 Å². The van der Waals surface area contributed by atoms with E-state index in [1.165, 1.54) is 5.56 Å². The third-order valence-electron chi connectivity index (χ3n) is 3.27. The molecular weight excluding hydrogens is 222 g/mol. The highest BCUT2D eigenvalue weighted by Crippen LogP contribution is 2.12. The van der Waals surface area contributed by atoms with E-state index in [-0.39, 0.29) is 0 Å². The molecule has 0 fully saturated rings. The van der Waals surface area contributed by atoms with E-state index in [0.29, 0.717) is 5.92 Å². The zero-order valence-corrected chi connectivity index (χ0v) is 11.1. The molecule has 0 radical (unpaired) electrons. The van der Waals surface area contributed by atoms with Crippen molar-refractivity contribution >= 4 is 0 Å². The maximum absolute atomic E-state index is 4.21. The molecule has 1 unspecified atom stereocenters. The molecule has 0 aliphatic rings. The van der Waals surface area contributed by atoms with Crippen molar-refractivity contribution in [3.05, 3.63) is 54.1 Å². The molecule has 18 heavy (non-hydrogen) atoms. The molecule has 2 rings (SSSR count). The molecule has 0 saturated heterocycles. The predicted octanol–water partition coefficient (Wildman–Crippen LogP) is 2.58. The first-order valence-electron chi connectivity index (χ1n) is 6.51. The lowest BCUT2D eigenvalue weighted by Crippen LogP contribution is -2.24. The Kier molecular flexibility index (Phi) is 4.53. The molecule has 1 N–H and O–H groups in total. The van der Waals surface area contributed by atoms with Crippen LogP contribution in [0.1, 0.15) is 24.2 Å². The van der Waals surface area contributed by atoms with Gasteiger partial charge >= 0.3 is 0 Å². The Labute approximate surface area is 109 Å². The Balaban J connectivity index is 1.71. The van der Waals surface area contributed by atoms with E-state index in [1.54, 1.807) is 0 Å². The molecule has 1 aromatic heterocycles. The van der Waals surface area contributed by atoms with Crippen LogP contribution in [0.15, 0.2) is 42.7 Å². The highest BCUT2D eigenvalue weighted by atomic mass is 15.1. The summed E-state index contributed by atoms with van der Waals surface area (Å²) in [5, 5.41) is 3.50. The van der Waals surface area contributed by atoms with Gasteiger partial charge in [-0.15, -0.1) is 0 Å². The van der Waals surface area contributed by atoms with Crippen molar-refractivity contribution in [3.63, 3.8) is 0 Å². The summed E-state index contributed by atoms with van der Waals surface area (Å²) in [5.74, 6) is 1.63. The number of hydrogen-bond donors (Lipinski definition) is 1. The fourth-order valence-corrected chi connectivity index (χ4v) is 2.06. The van der Waals surface area contributed by atoms with Crippen molar-refractivity contribution in [3.8, 4) is 0 Å². The summed E-state index contributed by atoms with van der Waals surface area (Å²) in [4.78, 5) is 4.21. The minimum absolute atomic E-state index is 0.551. The average Bonchev–Trinajstić information content (AvgIpc) is 2.81. The van der Waals surface area contributed by atoms with Gasteiger partial charge in [0.15, 0.2) is 0 Å². The molecule has 1 atom stereocenters. The van der Waals surface area contributed by atoms with Gasteiger partial charge in [-0.25, -0.2) is 4.98 Å². The first kappa shape index (κ1) is 12.8. The van der Waals surface area contributed by atoms with Gasteiger partial charge in [-0.3, -0.25) is 0 Å². The van der Waals surface area contributed by atoms with Crippen LogP contribution in [0, 0.1) is 6.92 Å². The molecule has 0 bridgehead atoms. The Morgan fingerprint density at radius 3 is 2.72 bits per heavy atom. The van der Waals surface area contributed by atoms with Gasteiger partial charge < -0.3 is 9.88 Å². The van der Waals surface area contributed by atoms with E-state index in [1.807, 2.05) is 19.3 Å². The summed E-state index contributed by atoms with van der Waals surface area (Å²) >= 11 is 0. The van der Waals surface area contributed by atoms with Crippen LogP contribution < -0.4 is 5.32 Å². The van der Waals surface area contributed by atoms with Crippen molar-refractivity contribution in [2.75, 3.05) is 13.1 Å². The van der Waals surface area contributed by atoms with E-state index in [2.05, 4.69) is 52.1 Å². The number of benzene rings is 1. The fourth-order valence-electron chi connectivity index (χ4n) is 2.06. The Bertz CT molecular complexity index is 462. The Morgan fingerprint density at radius 2 is 2.06 bits per heavy atom. The third-order valence-corrected chi connectivity index (χ3v) is 3.27. The predicted molar refractivity (Wildman–Crippen MR) is 74.7 cm³/mol. The van der Waals surface area contributed by atoms with E-state index in [4.69, 9.17) is 0 Å². The maximum Gasteiger partial charge on any atom is 0.105 e. The first-order chi connectivity index (χ1) is 8.77. The highest BCUT2D eigenvalue weighted by molar-refractivity contribution is 5.18. The lowest BCUT2D eigenvalue weighted by atomic mass is 10.0. The van der Waals surface area contributed by atoms with Gasteiger partial charge in [-0.1, -0.05) is 37.3 Å². The van der Waals surface area contributed by atoms with Gasteiger partial charge in [0.2, 0.25) is 0 Å². The van der Waals surface area contributed by atoms with Gasteiger partial charge in [0.05, 0.1) is 0 Å². The second kappa shape index (κ2) is 6.36. The summed E-state index contributed by atoms with van der Waals surface area (Å²) < 4.78 is 2.17. The zero-order valence-electron chi connectivity index (χ0n) is 11.1. The Hall–Kier alpha value is -1.61. The largest absolute Gasteiger partial charge is 0.334 e. The summed E-state index contributed by atoms with van der Waals surface area (Å²) in [5.41, 5.74) is 1.39. The molecule has 2 aromatic rings. The second-order valence-electron chi connectivity index (χ2n) is 4.68. The molecule has 3 heteroatoms. The molecule has 0 aliphatic heterocycles. The normalized spacial score (nSPS) is 12.6. The molecule has 0 amide bonds. The lowest BCUT2D eigenvalue weighted by Gasteiger charge is -2.13. The third kappa shape index (κ3) is 3.44. The van der Waals surface area contributed by atoms with Crippen molar-refractivity contribution in [1.29, 1.82) is 0 Å². The minimum atomic E-state index is 0.551. The summed E-state index contributed by atoms with van der Waals surface area (Å²) in [6, 6.07) is 10.6. The Morgan fingerprint density at radius 1 is 1.28 bits per heavy atom. The average molecular weight is 243 g/mol. The quantitative estimate of drug-likeness (QED) is 0.790. The topological polar surface area (TPSA) is 29.9 Å². The lowest BCUT2D eigenvalue weighted by molar-refractivity contribution is 0.558. The second-order valence-corrected chi connectivity index (χ2v) is 4.68. The molecule has 0 spiro atoms.